The first kappa shape index (κ1) is 20.4. The number of benzene rings is 1. The molecule has 0 spiro atoms. The van der Waals surface area contributed by atoms with Crippen LogP contribution in [0.1, 0.15) is 42.5 Å². The zero-order valence-corrected chi connectivity index (χ0v) is 19.0. The van der Waals surface area contributed by atoms with Crippen molar-refractivity contribution in [3.8, 4) is 0 Å². The number of hydrogen-bond acceptors (Lipinski definition) is 4. The lowest BCUT2D eigenvalue weighted by atomic mass is 9.91. The molecule has 5 nitrogen and oxygen atoms in total. The van der Waals surface area contributed by atoms with E-state index < -0.39 is 0 Å². The van der Waals surface area contributed by atoms with E-state index in [-0.39, 0.29) is 5.78 Å². The number of nitrogens with zero attached hydrogens (tertiary/aromatic N) is 4. The second-order valence-electron chi connectivity index (χ2n) is 9.49. The van der Waals surface area contributed by atoms with E-state index in [1.165, 1.54) is 49.2 Å². The van der Waals surface area contributed by atoms with Crippen molar-refractivity contribution in [1.82, 2.24) is 14.3 Å². The number of piperazine rings is 1. The Morgan fingerprint density at radius 1 is 0.970 bits per heavy atom. The molecule has 33 heavy (non-hydrogen) atoms. The summed E-state index contributed by atoms with van der Waals surface area (Å²) in [7, 11) is 0. The van der Waals surface area contributed by atoms with Gasteiger partial charge in [0.05, 0.1) is 5.69 Å². The molecule has 168 valence electrons. The molecule has 0 unspecified atom stereocenters. The number of aromatic nitrogens is 2. The van der Waals surface area contributed by atoms with Crippen LogP contribution in [0.3, 0.4) is 0 Å². The average molecular weight is 439 g/mol. The van der Waals surface area contributed by atoms with Crippen LogP contribution in [0.4, 0.5) is 5.69 Å². The van der Waals surface area contributed by atoms with E-state index in [2.05, 4.69) is 55.6 Å². The maximum absolute atomic E-state index is 11.9. The molecule has 3 heterocycles. The van der Waals surface area contributed by atoms with Crippen LogP contribution in [-0.2, 0) is 11.2 Å². The molecule has 1 saturated heterocycles. The van der Waals surface area contributed by atoms with Crippen LogP contribution >= 0.6 is 0 Å². The quantitative estimate of drug-likeness (QED) is 0.588. The Bertz CT molecular complexity index is 1220. The second-order valence-corrected chi connectivity index (χ2v) is 9.49. The maximum atomic E-state index is 11.9. The first-order chi connectivity index (χ1) is 16.2. The number of rotatable bonds is 5. The number of ketones is 1. The third-order valence-corrected chi connectivity index (χ3v) is 7.46. The summed E-state index contributed by atoms with van der Waals surface area (Å²) in [5, 5.41) is 0. The van der Waals surface area contributed by atoms with Crippen molar-refractivity contribution in [3.63, 3.8) is 0 Å². The summed E-state index contributed by atoms with van der Waals surface area (Å²) < 4.78 is 2.10. The third kappa shape index (κ3) is 4.02. The minimum atomic E-state index is 0.148. The molecule has 0 N–H and O–H groups in total. The smallest absolute Gasteiger partial charge is 0.160 e. The van der Waals surface area contributed by atoms with E-state index in [9.17, 15) is 4.79 Å². The molecular weight excluding hydrogens is 408 g/mol. The number of carbonyl (C=O) groups is 1. The molecule has 0 radical (unpaired) electrons. The molecule has 5 heteroatoms. The van der Waals surface area contributed by atoms with Crippen LogP contribution in [0, 0.1) is 0 Å². The standard InChI is InChI=1S/C28H30N4O/c33-26-6-1-3-22(20-26)27-12-9-23(28-29-13-14-32(27)28)19-21-7-10-25(11-8-21)31-17-15-30(16-18-31)24-4-2-5-24/h1,3,7-14,20,24H,2,4-6,15-19H2. The van der Waals surface area contributed by atoms with Gasteiger partial charge in [0.25, 0.3) is 0 Å². The number of imidazole rings is 1. The monoisotopic (exact) mass is 438 g/mol. The second kappa shape index (κ2) is 8.64. The predicted octanol–water partition coefficient (Wildman–Crippen LogP) is 4.51. The van der Waals surface area contributed by atoms with Crippen LogP contribution in [0.5, 0.6) is 0 Å². The minimum absolute atomic E-state index is 0.148. The lowest BCUT2D eigenvalue weighted by Gasteiger charge is -2.43. The Labute approximate surface area is 195 Å². The Kier molecular flexibility index (Phi) is 5.35. The van der Waals surface area contributed by atoms with E-state index >= 15 is 0 Å². The molecule has 6 rings (SSSR count). The number of carbonyl (C=O) groups excluding carboxylic acids is 1. The van der Waals surface area contributed by atoms with Gasteiger partial charge in [0, 0.05) is 68.7 Å². The van der Waals surface area contributed by atoms with Crippen molar-refractivity contribution in [1.29, 1.82) is 0 Å². The molecule has 0 amide bonds. The molecule has 2 aromatic heterocycles. The van der Waals surface area contributed by atoms with Gasteiger partial charge in [-0.3, -0.25) is 14.1 Å². The summed E-state index contributed by atoms with van der Waals surface area (Å²) in [4.78, 5) is 21.7. The van der Waals surface area contributed by atoms with Crippen LogP contribution in [0.15, 0.2) is 67.0 Å². The van der Waals surface area contributed by atoms with Crippen LogP contribution < -0.4 is 4.90 Å². The van der Waals surface area contributed by atoms with Crippen LogP contribution in [0.2, 0.25) is 0 Å². The number of pyridine rings is 1. The minimum Gasteiger partial charge on any atom is -0.369 e. The highest BCUT2D eigenvalue weighted by molar-refractivity contribution is 6.01. The summed E-state index contributed by atoms with van der Waals surface area (Å²) in [6.07, 6.45) is 15.0. The normalized spacial score (nSPS) is 19.7. The zero-order valence-electron chi connectivity index (χ0n) is 19.0. The largest absolute Gasteiger partial charge is 0.369 e. The Morgan fingerprint density at radius 2 is 1.79 bits per heavy atom. The van der Waals surface area contributed by atoms with Gasteiger partial charge in [-0.15, -0.1) is 0 Å². The Balaban J connectivity index is 1.17. The molecule has 0 bridgehead atoms. The predicted molar refractivity (Wildman–Crippen MR) is 133 cm³/mol. The lowest BCUT2D eigenvalue weighted by Crippen LogP contribution is -2.52. The van der Waals surface area contributed by atoms with Crippen molar-refractivity contribution in [2.45, 2.75) is 38.1 Å². The van der Waals surface area contributed by atoms with E-state index in [1.54, 1.807) is 6.08 Å². The highest BCUT2D eigenvalue weighted by Crippen LogP contribution is 2.28. The van der Waals surface area contributed by atoms with Crippen molar-refractivity contribution in [3.05, 3.63) is 83.8 Å². The number of anilines is 1. The van der Waals surface area contributed by atoms with E-state index in [0.717, 1.165) is 42.5 Å². The summed E-state index contributed by atoms with van der Waals surface area (Å²) in [6.45, 7) is 4.62. The van der Waals surface area contributed by atoms with Crippen LogP contribution in [-0.4, -0.2) is 52.3 Å². The van der Waals surface area contributed by atoms with Gasteiger partial charge in [0.15, 0.2) is 5.78 Å². The molecule has 3 aliphatic rings. The number of hydrogen-bond donors (Lipinski definition) is 0. The highest BCUT2D eigenvalue weighted by atomic mass is 16.1. The van der Waals surface area contributed by atoms with Crippen molar-refractivity contribution in [2.24, 2.45) is 0 Å². The maximum Gasteiger partial charge on any atom is 0.160 e. The average Bonchev–Trinajstić information content (AvgIpc) is 3.30. The summed E-state index contributed by atoms with van der Waals surface area (Å²) in [5.74, 6) is 0.148. The lowest BCUT2D eigenvalue weighted by molar-refractivity contribution is -0.113. The van der Waals surface area contributed by atoms with E-state index in [1.807, 2.05) is 24.5 Å². The fourth-order valence-electron chi connectivity index (χ4n) is 5.33. The van der Waals surface area contributed by atoms with Crippen molar-refractivity contribution in [2.75, 3.05) is 31.1 Å². The van der Waals surface area contributed by atoms with E-state index in [0.29, 0.717) is 6.42 Å². The summed E-state index contributed by atoms with van der Waals surface area (Å²) in [5.41, 5.74) is 6.72. The van der Waals surface area contributed by atoms with Gasteiger partial charge in [-0.2, -0.15) is 0 Å². The van der Waals surface area contributed by atoms with Gasteiger partial charge < -0.3 is 4.90 Å². The Morgan fingerprint density at radius 3 is 2.52 bits per heavy atom. The molecule has 3 aromatic rings. The van der Waals surface area contributed by atoms with Crippen LogP contribution in [0.25, 0.3) is 11.2 Å². The topological polar surface area (TPSA) is 40.9 Å². The van der Waals surface area contributed by atoms with Gasteiger partial charge >= 0.3 is 0 Å². The van der Waals surface area contributed by atoms with E-state index in [4.69, 9.17) is 0 Å². The first-order valence-corrected chi connectivity index (χ1v) is 12.2. The number of fused-ring (bicyclic) bond motifs is 1. The van der Waals surface area contributed by atoms with Crippen molar-refractivity contribution >= 4 is 22.7 Å². The van der Waals surface area contributed by atoms with Gasteiger partial charge in [-0.05, 0) is 48.2 Å². The fraction of sp³-hybridized carbons (Fsp3) is 0.357. The van der Waals surface area contributed by atoms with Gasteiger partial charge in [0.2, 0.25) is 0 Å². The third-order valence-electron chi connectivity index (χ3n) is 7.46. The Hall–Kier alpha value is -3.18. The summed E-state index contributed by atoms with van der Waals surface area (Å²) >= 11 is 0. The van der Waals surface area contributed by atoms with Crippen molar-refractivity contribution < 1.29 is 4.79 Å². The molecule has 1 aromatic carbocycles. The molecule has 2 aliphatic carbocycles. The number of allylic oxidation sites excluding steroid dienone is 4. The summed E-state index contributed by atoms with van der Waals surface area (Å²) in [6, 6.07) is 14.2. The fourth-order valence-corrected chi connectivity index (χ4v) is 5.33. The van der Waals surface area contributed by atoms with Gasteiger partial charge in [-0.1, -0.05) is 36.8 Å². The molecule has 1 saturated carbocycles. The molecule has 2 fully saturated rings. The van der Waals surface area contributed by atoms with Gasteiger partial charge in [0.1, 0.15) is 5.65 Å². The molecule has 0 atom stereocenters. The highest BCUT2D eigenvalue weighted by Gasteiger charge is 2.27. The SMILES string of the molecule is O=C1C=C(c2ccc(Cc3ccc(N4CCN(C5CCC5)CC4)cc3)c3nccn23)C=CC1. The molecule has 1 aliphatic heterocycles. The molecular formula is C28H30N4O. The first-order valence-electron chi connectivity index (χ1n) is 12.2. The van der Waals surface area contributed by atoms with Gasteiger partial charge in [-0.25, -0.2) is 4.98 Å². The zero-order chi connectivity index (χ0) is 22.2.